The van der Waals surface area contributed by atoms with Crippen molar-refractivity contribution >= 4 is 46.8 Å². The van der Waals surface area contributed by atoms with E-state index in [0.29, 0.717) is 16.4 Å². The van der Waals surface area contributed by atoms with Gasteiger partial charge in [0.2, 0.25) is 5.91 Å². The number of halogens is 1. The third-order valence-corrected chi connectivity index (χ3v) is 3.67. The molecule has 0 aliphatic heterocycles. The van der Waals surface area contributed by atoms with Crippen LogP contribution in [0.5, 0.6) is 0 Å². The highest BCUT2D eigenvalue weighted by Crippen LogP contribution is 2.14. The van der Waals surface area contributed by atoms with Crippen molar-refractivity contribution in [1.29, 1.82) is 0 Å². The monoisotopic (exact) mass is 386 g/mol. The summed E-state index contributed by atoms with van der Waals surface area (Å²) >= 11 is 5.80. The van der Waals surface area contributed by atoms with Gasteiger partial charge in [0.05, 0.1) is 0 Å². The Balaban J connectivity index is 1.86. The highest BCUT2D eigenvalue weighted by atomic mass is 35.5. The van der Waals surface area contributed by atoms with Gasteiger partial charge in [-0.1, -0.05) is 23.7 Å². The van der Waals surface area contributed by atoms with E-state index < -0.39 is 18.0 Å². The van der Waals surface area contributed by atoms with Crippen LogP contribution in [0.3, 0.4) is 0 Å². The number of benzene rings is 2. The van der Waals surface area contributed by atoms with Gasteiger partial charge in [-0.15, -0.1) is 0 Å². The number of esters is 1. The summed E-state index contributed by atoms with van der Waals surface area (Å²) in [5.41, 5.74) is 1.92. The maximum atomic E-state index is 12.1. The van der Waals surface area contributed by atoms with Crippen LogP contribution in [0.25, 0.3) is 6.08 Å². The summed E-state index contributed by atoms with van der Waals surface area (Å²) in [6.45, 7) is 2.89. The van der Waals surface area contributed by atoms with Gasteiger partial charge in [0, 0.05) is 29.4 Å². The third-order valence-electron chi connectivity index (χ3n) is 3.42. The molecule has 0 saturated heterocycles. The molecule has 27 heavy (non-hydrogen) atoms. The zero-order chi connectivity index (χ0) is 19.8. The quantitative estimate of drug-likeness (QED) is 0.582. The number of nitrogens with one attached hydrogen (secondary N) is 2. The Morgan fingerprint density at radius 1 is 0.963 bits per heavy atom. The molecule has 2 aromatic rings. The van der Waals surface area contributed by atoms with Gasteiger partial charge in [0.1, 0.15) is 0 Å². The predicted octanol–water partition coefficient (Wildman–Crippen LogP) is 3.88. The van der Waals surface area contributed by atoms with Crippen molar-refractivity contribution < 1.29 is 19.1 Å². The van der Waals surface area contributed by atoms with E-state index in [1.165, 1.54) is 19.9 Å². The lowest BCUT2D eigenvalue weighted by Crippen LogP contribution is -2.29. The van der Waals surface area contributed by atoms with Crippen LogP contribution in [-0.2, 0) is 19.1 Å². The van der Waals surface area contributed by atoms with Gasteiger partial charge in [-0.3, -0.25) is 9.59 Å². The van der Waals surface area contributed by atoms with E-state index in [0.717, 1.165) is 5.56 Å². The minimum atomic E-state index is -0.970. The van der Waals surface area contributed by atoms with Crippen LogP contribution in [0.15, 0.2) is 54.6 Å². The Hall–Kier alpha value is -3.12. The summed E-state index contributed by atoms with van der Waals surface area (Å²) in [5, 5.41) is 5.87. The van der Waals surface area contributed by atoms with Gasteiger partial charge in [-0.05, 0) is 55.0 Å². The van der Waals surface area contributed by atoms with Crippen LogP contribution >= 0.6 is 11.6 Å². The average molecular weight is 387 g/mol. The standard InChI is InChI=1S/C20H19ClN2O4/c1-13(27-19(25)12-5-15-3-6-16(21)7-4-15)20(26)23-18-10-8-17(9-11-18)22-14(2)24/h3-13H,1-2H3,(H,22,24)(H,23,26)/b12-5+/t13-/m1/s1. The molecule has 0 unspecified atom stereocenters. The Morgan fingerprint density at radius 2 is 1.52 bits per heavy atom. The molecule has 0 spiro atoms. The van der Waals surface area contributed by atoms with Crippen molar-refractivity contribution in [2.24, 2.45) is 0 Å². The van der Waals surface area contributed by atoms with Crippen molar-refractivity contribution in [2.45, 2.75) is 20.0 Å². The molecule has 1 atom stereocenters. The lowest BCUT2D eigenvalue weighted by Gasteiger charge is -2.12. The first-order valence-electron chi connectivity index (χ1n) is 8.16. The Labute approximate surface area is 162 Å². The van der Waals surface area contributed by atoms with Crippen molar-refractivity contribution in [3.63, 3.8) is 0 Å². The largest absolute Gasteiger partial charge is 0.449 e. The van der Waals surface area contributed by atoms with E-state index in [1.54, 1.807) is 54.6 Å². The molecule has 0 radical (unpaired) electrons. The number of amides is 2. The second kappa shape index (κ2) is 9.54. The van der Waals surface area contributed by atoms with Gasteiger partial charge >= 0.3 is 5.97 Å². The molecule has 0 heterocycles. The van der Waals surface area contributed by atoms with E-state index in [4.69, 9.17) is 16.3 Å². The minimum Gasteiger partial charge on any atom is -0.449 e. The molecular formula is C20H19ClN2O4. The van der Waals surface area contributed by atoms with Crippen LogP contribution in [0.2, 0.25) is 5.02 Å². The number of carbonyl (C=O) groups excluding carboxylic acids is 3. The van der Waals surface area contributed by atoms with Crippen LogP contribution in [0, 0.1) is 0 Å². The average Bonchev–Trinajstić information content (AvgIpc) is 2.62. The maximum absolute atomic E-state index is 12.1. The van der Waals surface area contributed by atoms with Gasteiger partial charge in [-0.25, -0.2) is 4.79 Å². The van der Waals surface area contributed by atoms with Crippen molar-refractivity contribution in [1.82, 2.24) is 0 Å². The van der Waals surface area contributed by atoms with Crippen LogP contribution in [-0.4, -0.2) is 23.9 Å². The highest BCUT2D eigenvalue weighted by molar-refractivity contribution is 6.30. The molecule has 0 aliphatic rings. The molecule has 0 fully saturated rings. The first-order chi connectivity index (χ1) is 12.8. The van der Waals surface area contributed by atoms with E-state index in [9.17, 15) is 14.4 Å². The number of anilines is 2. The van der Waals surface area contributed by atoms with Gasteiger partial charge < -0.3 is 15.4 Å². The molecule has 2 N–H and O–H groups in total. The van der Waals surface area contributed by atoms with Crippen molar-refractivity contribution in [3.8, 4) is 0 Å². The molecule has 2 rings (SSSR count). The Bertz CT molecular complexity index is 845. The smallest absolute Gasteiger partial charge is 0.331 e. The summed E-state index contributed by atoms with van der Waals surface area (Å²) in [5.74, 6) is -1.27. The molecule has 0 aromatic heterocycles. The second-order valence-electron chi connectivity index (χ2n) is 5.71. The van der Waals surface area contributed by atoms with Crippen LogP contribution in [0.4, 0.5) is 11.4 Å². The summed E-state index contributed by atoms with van der Waals surface area (Å²) in [6, 6.07) is 13.5. The van der Waals surface area contributed by atoms with E-state index in [-0.39, 0.29) is 5.91 Å². The molecule has 140 valence electrons. The zero-order valence-electron chi connectivity index (χ0n) is 14.9. The van der Waals surface area contributed by atoms with Crippen molar-refractivity contribution in [3.05, 3.63) is 65.2 Å². The molecule has 6 nitrogen and oxygen atoms in total. The highest BCUT2D eigenvalue weighted by Gasteiger charge is 2.16. The lowest BCUT2D eigenvalue weighted by atomic mass is 10.2. The van der Waals surface area contributed by atoms with Crippen LogP contribution < -0.4 is 10.6 Å². The molecule has 7 heteroatoms. The third kappa shape index (κ3) is 6.95. The summed E-state index contributed by atoms with van der Waals surface area (Å²) in [7, 11) is 0. The molecule has 0 bridgehead atoms. The van der Waals surface area contributed by atoms with Crippen LogP contribution in [0.1, 0.15) is 19.4 Å². The number of hydrogen-bond acceptors (Lipinski definition) is 4. The molecule has 0 aliphatic carbocycles. The number of hydrogen-bond donors (Lipinski definition) is 2. The first-order valence-corrected chi connectivity index (χ1v) is 8.54. The number of carbonyl (C=O) groups is 3. The molecule has 2 amide bonds. The lowest BCUT2D eigenvalue weighted by molar-refractivity contribution is -0.148. The maximum Gasteiger partial charge on any atom is 0.331 e. The normalized spacial score (nSPS) is 11.7. The van der Waals surface area contributed by atoms with E-state index in [1.807, 2.05) is 0 Å². The van der Waals surface area contributed by atoms with E-state index in [2.05, 4.69) is 10.6 Å². The zero-order valence-corrected chi connectivity index (χ0v) is 15.6. The molecule has 2 aromatic carbocycles. The second-order valence-corrected chi connectivity index (χ2v) is 6.15. The Kier molecular flexibility index (Phi) is 7.14. The minimum absolute atomic E-state index is 0.182. The summed E-state index contributed by atoms with van der Waals surface area (Å²) in [6.07, 6.45) is 1.85. The van der Waals surface area contributed by atoms with Gasteiger partial charge in [0.15, 0.2) is 6.10 Å². The van der Waals surface area contributed by atoms with Gasteiger partial charge in [0.25, 0.3) is 5.91 Å². The SMILES string of the molecule is CC(=O)Nc1ccc(NC(=O)[C@@H](C)OC(=O)/C=C/c2ccc(Cl)cc2)cc1. The molecular weight excluding hydrogens is 368 g/mol. The summed E-state index contributed by atoms with van der Waals surface area (Å²) < 4.78 is 5.09. The Morgan fingerprint density at radius 3 is 2.07 bits per heavy atom. The fourth-order valence-corrected chi connectivity index (χ4v) is 2.22. The number of ether oxygens (including phenoxy) is 1. The number of rotatable bonds is 6. The van der Waals surface area contributed by atoms with Gasteiger partial charge in [-0.2, -0.15) is 0 Å². The fourth-order valence-electron chi connectivity index (χ4n) is 2.09. The summed E-state index contributed by atoms with van der Waals surface area (Å²) in [4.78, 5) is 35.0. The van der Waals surface area contributed by atoms with E-state index >= 15 is 0 Å². The molecule has 0 saturated carbocycles. The fraction of sp³-hybridized carbons (Fsp3) is 0.150. The predicted molar refractivity (Wildman–Crippen MR) is 105 cm³/mol. The topological polar surface area (TPSA) is 84.5 Å². The van der Waals surface area contributed by atoms with Crippen molar-refractivity contribution in [2.75, 3.05) is 10.6 Å². The first kappa shape index (κ1) is 20.2.